The molecule has 0 aromatic carbocycles. The molecule has 1 amide bonds. The van der Waals surface area contributed by atoms with Crippen molar-refractivity contribution in [1.82, 2.24) is 34.8 Å². The molecule has 2 aliphatic rings. The molecule has 2 fully saturated rings. The molecule has 2 unspecified atom stereocenters. The number of aryl methyl sites for hydroxylation is 2. The van der Waals surface area contributed by atoms with Gasteiger partial charge in [-0.05, 0) is 26.0 Å². The van der Waals surface area contributed by atoms with Crippen LogP contribution < -0.4 is 4.90 Å². The van der Waals surface area contributed by atoms with Crippen LogP contribution in [0, 0.1) is 25.7 Å². The van der Waals surface area contributed by atoms with Crippen LogP contribution in [0.15, 0.2) is 36.9 Å². The molecule has 2 saturated heterocycles. The zero-order valence-corrected chi connectivity index (χ0v) is 16.4. The molecule has 29 heavy (non-hydrogen) atoms. The minimum absolute atomic E-state index is 0.00722. The Morgan fingerprint density at radius 3 is 2.41 bits per heavy atom. The maximum absolute atomic E-state index is 13.2. The van der Waals surface area contributed by atoms with Crippen molar-refractivity contribution in [3.05, 3.63) is 53.9 Å². The second-order valence-electron chi connectivity index (χ2n) is 7.83. The number of amides is 1. The van der Waals surface area contributed by atoms with E-state index in [1.807, 2.05) is 24.8 Å². The van der Waals surface area contributed by atoms with Crippen molar-refractivity contribution >= 4 is 11.9 Å². The summed E-state index contributed by atoms with van der Waals surface area (Å²) in [6.07, 6.45) is 6.60. The Labute approximate surface area is 168 Å². The third-order valence-corrected chi connectivity index (χ3v) is 5.72. The minimum Gasteiger partial charge on any atom is -0.340 e. The molecular formula is C20H22N8O. The Morgan fingerprint density at radius 1 is 1.03 bits per heavy atom. The van der Waals surface area contributed by atoms with Crippen LogP contribution in [0.5, 0.6) is 0 Å². The number of anilines is 1. The molecule has 3 aromatic heterocycles. The number of pyridine rings is 1. The van der Waals surface area contributed by atoms with Crippen LogP contribution in [0.25, 0.3) is 5.69 Å². The molecule has 9 nitrogen and oxygen atoms in total. The number of carbonyl (C=O) groups is 1. The van der Waals surface area contributed by atoms with Gasteiger partial charge in [0.25, 0.3) is 5.91 Å². The molecular weight excluding hydrogens is 368 g/mol. The van der Waals surface area contributed by atoms with E-state index in [-0.39, 0.29) is 5.91 Å². The summed E-state index contributed by atoms with van der Waals surface area (Å²) in [5.74, 6) is 1.65. The van der Waals surface area contributed by atoms with Crippen LogP contribution in [0.2, 0.25) is 0 Å². The summed E-state index contributed by atoms with van der Waals surface area (Å²) in [6, 6.07) is 3.78. The number of hydrogen-bond donors (Lipinski definition) is 0. The summed E-state index contributed by atoms with van der Waals surface area (Å²) in [5, 5.41) is 7.86. The Kier molecular flexibility index (Phi) is 4.22. The predicted molar refractivity (Wildman–Crippen MR) is 106 cm³/mol. The van der Waals surface area contributed by atoms with Crippen molar-refractivity contribution < 1.29 is 4.79 Å². The van der Waals surface area contributed by atoms with E-state index in [1.54, 1.807) is 35.5 Å². The molecule has 0 spiro atoms. The van der Waals surface area contributed by atoms with Crippen molar-refractivity contribution in [3.63, 3.8) is 0 Å². The van der Waals surface area contributed by atoms with Gasteiger partial charge in [-0.1, -0.05) is 5.21 Å². The summed E-state index contributed by atoms with van der Waals surface area (Å²) in [6.45, 7) is 7.21. The number of likely N-dealkylation sites (tertiary alicyclic amines) is 1. The first-order valence-electron chi connectivity index (χ1n) is 9.75. The number of carbonyl (C=O) groups excluding carboxylic acids is 1. The molecule has 9 heteroatoms. The Bertz CT molecular complexity index is 1020. The van der Waals surface area contributed by atoms with Crippen molar-refractivity contribution in [3.8, 4) is 5.69 Å². The first-order chi connectivity index (χ1) is 14.1. The van der Waals surface area contributed by atoms with Crippen molar-refractivity contribution in [1.29, 1.82) is 0 Å². The highest BCUT2D eigenvalue weighted by Gasteiger charge is 2.43. The van der Waals surface area contributed by atoms with Gasteiger partial charge in [0.1, 0.15) is 0 Å². The lowest BCUT2D eigenvalue weighted by Gasteiger charge is -2.22. The fourth-order valence-electron chi connectivity index (χ4n) is 4.43. The summed E-state index contributed by atoms with van der Waals surface area (Å²) in [5.41, 5.74) is 3.22. The number of rotatable bonds is 3. The van der Waals surface area contributed by atoms with Crippen molar-refractivity contribution in [2.45, 2.75) is 13.8 Å². The smallest absolute Gasteiger partial charge is 0.257 e. The molecule has 2 aliphatic heterocycles. The van der Waals surface area contributed by atoms with Gasteiger partial charge in [0.2, 0.25) is 5.95 Å². The molecule has 3 aromatic rings. The van der Waals surface area contributed by atoms with Gasteiger partial charge in [-0.25, -0.2) is 14.6 Å². The quantitative estimate of drug-likeness (QED) is 0.665. The SMILES string of the molecule is Cc1cc(C)nc(N2CC3CN(C(=O)c4cnccc4-n4ccnn4)CC3C2)n1. The van der Waals surface area contributed by atoms with Crippen LogP contribution in [-0.2, 0) is 0 Å². The molecule has 148 valence electrons. The van der Waals surface area contributed by atoms with Gasteiger partial charge in [0.15, 0.2) is 0 Å². The average molecular weight is 390 g/mol. The fraction of sp³-hybridized carbons (Fsp3) is 0.400. The first-order valence-corrected chi connectivity index (χ1v) is 9.75. The lowest BCUT2D eigenvalue weighted by molar-refractivity contribution is 0.0782. The topological polar surface area (TPSA) is 92.9 Å². The monoisotopic (exact) mass is 390 g/mol. The highest BCUT2D eigenvalue weighted by molar-refractivity contribution is 5.97. The highest BCUT2D eigenvalue weighted by Crippen LogP contribution is 2.34. The zero-order valence-electron chi connectivity index (χ0n) is 16.4. The lowest BCUT2D eigenvalue weighted by atomic mass is 10.0. The molecule has 0 N–H and O–H groups in total. The molecule has 0 saturated carbocycles. The summed E-state index contributed by atoms with van der Waals surface area (Å²) in [7, 11) is 0. The molecule has 0 radical (unpaired) electrons. The molecule has 5 heterocycles. The second kappa shape index (κ2) is 6.91. The molecule has 5 rings (SSSR count). The third kappa shape index (κ3) is 3.22. The second-order valence-corrected chi connectivity index (χ2v) is 7.83. The number of aromatic nitrogens is 6. The molecule has 2 atom stereocenters. The summed E-state index contributed by atoms with van der Waals surface area (Å²) in [4.78, 5) is 30.8. The largest absolute Gasteiger partial charge is 0.340 e. The van der Waals surface area contributed by atoms with Gasteiger partial charge >= 0.3 is 0 Å². The van der Waals surface area contributed by atoms with E-state index in [0.717, 1.165) is 43.5 Å². The standard InChI is InChI=1S/C20H22N8O/c1-13-7-14(2)24-20(23-13)27-11-15-9-26(10-16(15)12-27)19(29)17-8-21-4-3-18(17)28-6-5-22-25-28/h3-8,15-16H,9-12H2,1-2H3. The molecule has 0 aliphatic carbocycles. The maximum atomic E-state index is 13.2. The van der Waals surface area contributed by atoms with Gasteiger partial charge in [-0.15, -0.1) is 5.10 Å². The van der Waals surface area contributed by atoms with E-state index in [4.69, 9.17) is 0 Å². The first kappa shape index (κ1) is 17.7. The third-order valence-electron chi connectivity index (χ3n) is 5.72. The zero-order chi connectivity index (χ0) is 20.0. The van der Waals surface area contributed by atoms with Crippen molar-refractivity contribution in [2.75, 3.05) is 31.1 Å². The van der Waals surface area contributed by atoms with Crippen LogP contribution in [0.4, 0.5) is 5.95 Å². The van der Waals surface area contributed by atoms with Gasteiger partial charge in [-0.2, -0.15) is 0 Å². The molecule has 0 bridgehead atoms. The van der Waals surface area contributed by atoms with Gasteiger partial charge in [0.05, 0.1) is 23.6 Å². The number of hydrogen-bond acceptors (Lipinski definition) is 7. The maximum Gasteiger partial charge on any atom is 0.257 e. The predicted octanol–water partition coefficient (Wildman–Crippen LogP) is 1.28. The van der Waals surface area contributed by atoms with E-state index in [1.165, 1.54) is 0 Å². The lowest BCUT2D eigenvalue weighted by Crippen LogP contribution is -2.34. The van der Waals surface area contributed by atoms with Crippen LogP contribution in [-0.4, -0.2) is 66.9 Å². The number of fused-ring (bicyclic) bond motifs is 1. The average Bonchev–Trinajstić information content (AvgIpc) is 3.43. The van der Waals surface area contributed by atoms with Crippen LogP contribution in [0.3, 0.4) is 0 Å². The normalized spacial score (nSPS) is 20.9. The van der Waals surface area contributed by atoms with Gasteiger partial charge in [-0.3, -0.25) is 9.78 Å². The Balaban J connectivity index is 1.32. The van der Waals surface area contributed by atoms with Gasteiger partial charge < -0.3 is 9.80 Å². The van der Waals surface area contributed by atoms with E-state index in [9.17, 15) is 4.79 Å². The van der Waals surface area contributed by atoms with Crippen molar-refractivity contribution in [2.24, 2.45) is 11.8 Å². The Hall–Kier alpha value is -3.36. The Morgan fingerprint density at radius 2 is 1.76 bits per heavy atom. The summed E-state index contributed by atoms with van der Waals surface area (Å²) >= 11 is 0. The van der Waals surface area contributed by atoms with E-state index >= 15 is 0 Å². The minimum atomic E-state index is -0.00722. The van der Waals surface area contributed by atoms with E-state index < -0.39 is 0 Å². The van der Waals surface area contributed by atoms with E-state index in [2.05, 4.69) is 30.2 Å². The van der Waals surface area contributed by atoms with Crippen LogP contribution in [0.1, 0.15) is 21.7 Å². The number of nitrogens with zero attached hydrogens (tertiary/aromatic N) is 8. The van der Waals surface area contributed by atoms with Crippen LogP contribution >= 0.6 is 0 Å². The summed E-state index contributed by atoms with van der Waals surface area (Å²) < 4.78 is 1.60. The van der Waals surface area contributed by atoms with Gasteiger partial charge in [0, 0.05) is 61.8 Å². The highest BCUT2D eigenvalue weighted by atomic mass is 16.2. The van der Waals surface area contributed by atoms with E-state index in [0.29, 0.717) is 23.1 Å². The fourth-order valence-corrected chi connectivity index (χ4v) is 4.43.